The van der Waals surface area contributed by atoms with Crippen LogP contribution in [0.15, 0.2) is 17.5 Å². The molecule has 0 bridgehead atoms. The van der Waals surface area contributed by atoms with Crippen LogP contribution >= 0.6 is 22.7 Å². The molecule has 0 aliphatic carbocycles. The number of thiazole rings is 1. The molecule has 3 rings (SSSR count). The molecule has 22 heavy (non-hydrogen) atoms. The second kappa shape index (κ2) is 5.21. The van der Waals surface area contributed by atoms with E-state index in [0.29, 0.717) is 0 Å². The second-order valence-corrected chi connectivity index (χ2v) is 8.46. The number of hydrogen-bond acceptors (Lipinski definition) is 4. The van der Waals surface area contributed by atoms with Crippen molar-refractivity contribution in [3.8, 4) is 10.6 Å². The number of aromatic nitrogens is 2. The lowest BCUT2D eigenvalue weighted by molar-refractivity contribution is -0.136. The van der Waals surface area contributed by atoms with Crippen molar-refractivity contribution in [2.45, 2.75) is 39.5 Å². The number of rotatable bonds is 3. The maximum Gasteiger partial charge on any atom is 0.309 e. The third-order valence-corrected chi connectivity index (χ3v) is 5.36. The Balaban J connectivity index is 2.35. The van der Waals surface area contributed by atoms with Gasteiger partial charge in [-0.1, -0.05) is 26.8 Å². The van der Waals surface area contributed by atoms with Gasteiger partial charge in [0.05, 0.1) is 28.4 Å². The Hall–Kier alpha value is -1.66. The molecule has 0 saturated carbocycles. The predicted octanol–water partition coefficient (Wildman–Crippen LogP) is 4.36. The first-order chi connectivity index (χ1) is 10.3. The van der Waals surface area contributed by atoms with Crippen LogP contribution in [0.2, 0.25) is 0 Å². The van der Waals surface area contributed by atoms with E-state index in [0.717, 1.165) is 31.8 Å². The average Bonchev–Trinajstić information content (AvgIpc) is 3.04. The Kier molecular flexibility index (Phi) is 3.61. The maximum atomic E-state index is 11.4. The number of aliphatic carboxylic acids is 1. The van der Waals surface area contributed by atoms with Crippen LogP contribution in [0.4, 0.5) is 0 Å². The number of hydrogen-bond donors (Lipinski definition) is 1. The minimum Gasteiger partial charge on any atom is -0.481 e. The van der Waals surface area contributed by atoms with E-state index in [9.17, 15) is 9.90 Å². The van der Waals surface area contributed by atoms with E-state index in [2.05, 4.69) is 33.8 Å². The van der Waals surface area contributed by atoms with Gasteiger partial charge in [-0.15, -0.1) is 22.7 Å². The van der Waals surface area contributed by atoms with Crippen LogP contribution in [-0.2, 0) is 16.6 Å². The number of nitrogens with zero attached hydrogens (tertiary/aromatic N) is 2. The molecule has 6 heteroatoms. The second-order valence-electron chi connectivity index (χ2n) is 6.33. The first-order valence-electron chi connectivity index (χ1n) is 7.06. The van der Waals surface area contributed by atoms with Crippen molar-refractivity contribution in [3.63, 3.8) is 0 Å². The van der Waals surface area contributed by atoms with Crippen LogP contribution in [-0.4, -0.2) is 20.5 Å². The summed E-state index contributed by atoms with van der Waals surface area (Å²) in [6, 6.07) is 4.09. The highest BCUT2D eigenvalue weighted by Crippen LogP contribution is 2.38. The number of aryl methyl sites for hydroxylation is 1. The SMILES string of the molecule is Cc1sc2nc(C(C)(C)C)c(CC(=O)O)n2c1-c1cccs1. The average molecular weight is 334 g/mol. The van der Waals surface area contributed by atoms with Crippen molar-refractivity contribution in [2.75, 3.05) is 0 Å². The number of imidazole rings is 1. The van der Waals surface area contributed by atoms with E-state index >= 15 is 0 Å². The molecule has 0 atom stereocenters. The van der Waals surface area contributed by atoms with Crippen LogP contribution in [0.3, 0.4) is 0 Å². The lowest BCUT2D eigenvalue weighted by Crippen LogP contribution is -2.17. The molecule has 0 spiro atoms. The predicted molar refractivity (Wildman–Crippen MR) is 91.2 cm³/mol. The molecule has 4 nitrogen and oxygen atoms in total. The van der Waals surface area contributed by atoms with Gasteiger partial charge in [0, 0.05) is 10.3 Å². The molecule has 0 unspecified atom stereocenters. The summed E-state index contributed by atoms with van der Waals surface area (Å²) < 4.78 is 2.04. The minimum absolute atomic E-state index is 0.0116. The van der Waals surface area contributed by atoms with Crippen molar-refractivity contribution in [3.05, 3.63) is 33.8 Å². The van der Waals surface area contributed by atoms with Crippen molar-refractivity contribution in [1.29, 1.82) is 0 Å². The Bertz CT molecular complexity index is 836. The Morgan fingerprint density at radius 2 is 2.14 bits per heavy atom. The zero-order valence-corrected chi connectivity index (χ0v) is 14.6. The highest BCUT2D eigenvalue weighted by Gasteiger charge is 2.28. The molecule has 0 fully saturated rings. The van der Waals surface area contributed by atoms with Gasteiger partial charge < -0.3 is 5.11 Å². The van der Waals surface area contributed by atoms with Gasteiger partial charge in [0.15, 0.2) is 4.96 Å². The topological polar surface area (TPSA) is 54.6 Å². The fourth-order valence-corrected chi connectivity index (χ4v) is 4.56. The minimum atomic E-state index is -0.826. The number of carboxylic acid groups (broad SMARTS) is 1. The molecule has 0 aliphatic heterocycles. The molecule has 116 valence electrons. The fraction of sp³-hybridized carbons (Fsp3) is 0.375. The van der Waals surface area contributed by atoms with Gasteiger partial charge in [0.2, 0.25) is 0 Å². The van der Waals surface area contributed by atoms with Gasteiger partial charge in [-0.3, -0.25) is 9.20 Å². The van der Waals surface area contributed by atoms with Crippen molar-refractivity contribution in [1.82, 2.24) is 9.38 Å². The maximum absolute atomic E-state index is 11.4. The molecule has 3 aromatic heterocycles. The fourth-order valence-electron chi connectivity index (χ4n) is 2.68. The van der Waals surface area contributed by atoms with Crippen LogP contribution < -0.4 is 0 Å². The molecule has 0 aromatic carbocycles. The standard InChI is InChI=1S/C16H18N2O2S2/c1-9-13(11-6-5-7-21-11)18-10(8-12(19)20)14(16(2,3)4)17-15(18)22-9/h5-7H,8H2,1-4H3,(H,19,20). The largest absolute Gasteiger partial charge is 0.481 e. The summed E-state index contributed by atoms with van der Waals surface area (Å²) in [5.74, 6) is -0.826. The van der Waals surface area contributed by atoms with Crippen molar-refractivity contribution in [2.24, 2.45) is 0 Å². The van der Waals surface area contributed by atoms with E-state index in [1.165, 1.54) is 0 Å². The third kappa shape index (κ3) is 2.46. The molecule has 3 aromatic rings. The normalized spacial score (nSPS) is 12.2. The molecule has 3 heterocycles. The Morgan fingerprint density at radius 3 is 2.68 bits per heavy atom. The summed E-state index contributed by atoms with van der Waals surface area (Å²) in [6.07, 6.45) is -0.0116. The number of fused-ring (bicyclic) bond motifs is 1. The first-order valence-corrected chi connectivity index (χ1v) is 8.75. The molecule has 0 aliphatic rings. The number of thiophene rings is 1. The summed E-state index contributed by atoms with van der Waals surface area (Å²) in [6.45, 7) is 8.28. The van der Waals surface area contributed by atoms with Gasteiger partial charge in [-0.2, -0.15) is 0 Å². The lowest BCUT2D eigenvalue weighted by atomic mass is 9.90. The Morgan fingerprint density at radius 1 is 1.41 bits per heavy atom. The van der Waals surface area contributed by atoms with Crippen LogP contribution in [0, 0.1) is 6.92 Å². The van der Waals surface area contributed by atoms with E-state index in [4.69, 9.17) is 4.98 Å². The third-order valence-electron chi connectivity index (χ3n) is 3.53. The summed E-state index contributed by atoms with van der Waals surface area (Å²) in [4.78, 5) is 19.3. The number of carboxylic acids is 1. The monoisotopic (exact) mass is 334 g/mol. The molecule has 0 amide bonds. The number of carbonyl (C=O) groups is 1. The van der Waals surface area contributed by atoms with E-state index in [1.54, 1.807) is 22.7 Å². The zero-order valence-electron chi connectivity index (χ0n) is 13.0. The highest BCUT2D eigenvalue weighted by atomic mass is 32.1. The summed E-state index contributed by atoms with van der Waals surface area (Å²) in [5, 5.41) is 11.4. The van der Waals surface area contributed by atoms with Crippen LogP contribution in [0.1, 0.15) is 37.0 Å². The molecule has 0 radical (unpaired) electrons. The molecular weight excluding hydrogens is 316 g/mol. The zero-order chi connectivity index (χ0) is 16.1. The smallest absolute Gasteiger partial charge is 0.309 e. The summed E-state index contributed by atoms with van der Waals surface area (Å²) in [7, 11) is 0. The van der Waals surface area contributed by atoms with Crippen LogP contribution in [0.25, 0.3) is 15.5 Å². The summed E-state index contributed by atoms with van der Waals surface area (Å²) >= 11 is 3.29. The molecule has 0 saturated heterocycles. The first kappa shape index (κ1) is 15.2. The highest BCUT2D eigenvalue weighted by molar-refractivity contribution is 7.18. The summed E-state index contributed by atoms with van der Waals surface area (Å²) in [5.41, 5.74) is 2.56. The van der Waals surface area contributed by atoms with E-state index in [1.807, 2.05) is 15.8 Å². The molecule has 1 N–H and O–H groups in total. The van der Waals surface area contributed by atoms with Gasteiger partial charge in [-0.05, 0) is 18.4 Å². The Labute approximate surface area is 137 Å². The lowest BCUT2D eigenvalue weighted by Gasteiger charge is -2.17. The quantitative estimate of drug-likeness (QED) is 0.774. The van der Waals surface area contributed by atoms with E-state index < -0.39 is 5.97 Å². The molecular formula is C16H18N2O2S2. The van der Waals surface area contributed by atoms with Crippen molar-refractivity contribution < 1.29 is 9.90 Å². The van der Waals surface area contributed by atoms with Gasteiger partial charge in [0.25, 0.3) is 0 Å². The van der Waals surface area contributed by atoms with E-state index in [-0.39, 0.29) is 11.8 Å². The van der Waals surface area contributed by atoms with Gasteiger partial charge >= 0.3 is 5.97 Å². The van der Waals surface area contributed by atoms with Gasteiger partial charge in [-0.25, -0.2) is 4.98 Å². The van der Waals surface area contributed by atoms with Crippen molar-refractivity contribution >= 4 is 33.6 Å². The van der Waals surface area contributed by atoms with Crippen LogP contribution in [0.5, 0.6) is 0 Å². The van der Waals surface area contributed by atoms with Gasteiger partial charge in [0.1, 0.15) is 0 Å².